The predicted octanol–water partition coefficient (Wildman–Crippen LogP) is 1.05. The molecule has 0 saturated carbocycles. The molecule has 0 heterocycles. The van der Waals surface area contributed by atoms with Gasteiger partial charge in [0.05, 0.1) is 13.2 Å². The van der Waals surface area contributed by atoms with Crippen LogP contribution in [0, 0.1) is 0 Å². The number of ether oxygens (including phenoxy) is 1. The first-order valence-electron chi connectivity index (χ1n) is 6.27. The minimum atomic E-state index is -0.569. The first-order valence-corrected chi connectivity index (χ1v) is 6.27. The quantitative estimate of drug-likeness (QED) is 0.582. The van der Waals surface area contributed by atoms with Crippen LogP contribution in [0.4, 0.5) is 0 Å². The average molecular weight is 301 g/mol. The summed E-state index contributed by atoms with van der Waals surface area (Å²) < 4.78 is 4.51. The van der Waals surface area contributed by atoms with E-state index in [9.17, 15) is 9.59 Å². The number of hydrogen-bond donors (Lipinski definition) is 2. The number of hydrogen-bond acceptors (Lipinski definition) is 4. The van der Waals surface area contributed by atoms with Crippen LogP contribution in [0.25, 0.3) is 0 Å². The normalized spacial score (nSPS) is 11.1. The highest BCUT2D eigenvalue weighted by Crippen LogP contribution is 2.01. The van der Waals surface area contributed by atoms with Gasteiger partial charge in [-0.2, -0.15) is 0 Å². The highest BCUT2D eigenvalue weighted by atomic mass is 35.5. The van der Waals surface area contributed by atoms with Crippen molar-refractivity contribution in [1.82, 2.24) is 5.32 Å². The van der Waals surface area contributed by atoms with Gasteiger partial charge in [-0.3, -0.25) is 9.59 Å². The van der Waals surface area contributed by atoms with E-state index in [1.165, 1.54) is 7.11 Å². The Morgan fingerprint density at radius 1 is 1.30 bits per heavy atom. The third kappa shape index (κ3) is 7.11. The van der Waals surface area contributed by atoms with Crippen LogP contribution in [0.3, 0.4) is 0 Å². The van der Waals surface area contributed by atoms with Crippen LogP contribution in [-0.2, 0) is 20.7 Å². The van der Waals surface area contributed by atoms with E-state index in [-0.39, 0.29) is 24.3 Å². The summed E-state index contributed by atoms with van der Waals surface area (Å²) in [6.07, 6.45) is 1.35. The van der Waals surface area contributed by atoms with Gasteiger partial charge in [0.15, 0.2) is 0 Å². The molecule has 20 heavy (non-hydrogen) atoms. The molecule has 0 saturated heterocycles. The Labute approximate surface area is 125 Å². The van der Waals surface area contributed by atoms with E-state index < -0.39 is 6.04 Å². The predicted molar refractivity (Wildman–Crippen MR) is 79.6 cm³/mol. The van der Waals surface area contributed by atoms with Crippen LogP contribution >= 0.6 is 12.4 Å². The molecule has 1 amide bonds. The number of carbonyl (C=O) groups excluding carboxylic acids is 2. The van der Waals surface area contributed by atoms with Crippen LogP contribution in [0.2, 0.25) is 0 Å². The fourth-order valence-corrected chi connectivity index (χ4v) is 1.64. The molecule has 3 N–H and O–H groups in total. The Morgan fingerprint density at radius 3 is 2.55 bits per heavy atom. The van der Waals surface area contributed by atoms with Gasteiger partial charge < -0.3 is 15.8 Å². The Morgan fingerprint density at radius 2 is 1.95 bits per heavy atom. The first-order chi connectivity index (χ1) is 9.13. The molecule has 0 aliphatic rings. The van der Waals surface area contributed by atoms with Crippen molar-refractivity contribution in [1.29, 1.82) is 0 Å². The minimum Gasteiger partial charge on any atom is -0.469 e. The van der Waals surface area contributed by atoms with Gasteiger partial charge in [-0.05, 0) is 18.4 Å². The van der Waals surface area contributed by atoms with Gasteiger partial charge in [0.1, 0.15) is 0 Å². The molecule has 0 fully saturated rings. The summed E-state index contributed by atoms with van der Waals surface area (Å²) in [5.74, 6) is -0.475. The largest absolute Gasteiger partial charge is 0.469 e. The molecule has 0 aromatic heterocycles. The molecule has 1 aromatic carbocycles. The van der Waals surface area contributed by atoms with Gasteiger partial charge >= 0.3 is 5.97 Å². The van der Waals surface area contributed by atoms with Crippen LogP contribution in [0.15, 0.2) is 30.3 Å². The maximum absolute atomic E-state index is 11.7. The molecule has 5 nitrogen and oxygen atoms in total. The number of rotatable bonds is 7. The van der Waals surface area contributed by atoms with Crippen molar-refractivity contribution >= 4 is 24.3 Å². The second kappa shape index (κ2) is 10.2. The summed E-state index contributed by atoms with van der Waals surface area (Å²) in [6, 6.07) is 9.05. The molecule has 0 aliphatic carbocycles. The van der Waals surface area contributed by atoms with Crippen molar-refractivity contribution in [2.45, 2.75) is 25.3 Å². The highest BCUT2D eigenvalue weighted by molar-refractivity contribution is 5.85. The Kier molecular flexibility index (Phi) is 9.41. The lowest BCUT2D eigenvalue weighted by atomic mass is 10.1. The molecule has 112 valence electrons. The van der Waals surface area contributed by atoms with Gasteiger partial charge in [-0.15, -0.1) is 12.4 Å². The highest BCUT2D eigenvalue weighted by Gasteiger charge is 2.13. The summed E-state index contributed by atoms with van der Waals surface area (Å²) in [6.45, 7) is 0.427. The molecule has 0 unspecified atom stereocenters. The molecule has 0 bridgehead atoms. The fourth-order valence-electron chi connectivity index (χ4n) is 1.64. The number of carbonyl (C=O) groups is 2. The van der Waals surface area contributed by atoms with E-state index in [4.69, 9.17) is 5.73 Å². The van der Waals surface area contributed by atoms with Gasteiger partial charge in [0, 0.05) is 13.0 Å². The minimum absolute atomic E-state index is 0. The molecule has 1 aromatic rings. The standard InChI is InChI=1S/C14H20N2O3.ClH/c1-19-13(17)8-5-9-16-14(18)12(15)10-11-6-3-2-4-7-11;/h2-4,6-7,12H,5,8-10,15H2,1H3,(H,16,18);1H/t12-;/m0./s1. The molecular weight excluding hydrogens is 280 g/mol. The number of halogens is 1. The summed E-state index contributed by atoms with van der Waals surface area (Å²) in [4.78, 5) is 22.6. The second-order valence-electron chi connectivity index (χ2n) is 4.27. The number of benzene rings is 1. The Bertz CT molecular complexity index is 412. The SMILES string of the molecule is COC(=O)CCCNC(=O)[C@@H](N)Cc1ccccc1.Cl. The van der Waals surface area contributed by atoms with E-state index >= 15 is 0 Å². The van der Waals surface area contributed by atoms with Gasteiger partial charge in [0.2, 0.25) is 5.91 Å². The number of amides is 1. The molecule has 6 heteroatoms. The Balaban J connectivity index is 0.00000361. The second-order valence-corrected chi connectivity index (χ2v) is 4.27. The molecule has 0 radical (unpaired) electrons. The van der Waals surface area contributed by atoms with Crippen LogP contribution in [0.5, 0.6) is 0 Å². The van der Waals surface area contributed by atoms with Crippen molar-refractivity contribution < 1.29 is 14.3 Å². The van der Waals surface area contributed by atoms with E-state index in [2.05, 4.69) is 10.1 Å². The third-order valence-electron chi connectivity index (χ3n) is 2.72. The molecule has 0 spiro atoms. The van der Waals surface area contributed by atoms with Gasteiger partial charge in [-0.25, -0.2) is 0 Å². The fraction of sp³-hybridized carbons (Fsp3) is 0.429. The lowest BCUT2D eigenvalue weighted by molar-refractivity contribution is -0.140. The zero-order chi connectivity index (χ0) is 14.1. The lowest BCUT2D eigenvalue weighted by Gasteiger charge is -2.12. The van der Waals surface area contributed by atoms with E-state index in [0.29, 0.717) is 25.8 Å². The van der Waals surface area contributed by atoms with Crippen LogP contribution in [0.1, 0.15) is 18.4 Å². The van der Waals surface area contributed by atoms with Crippen molar-refractivity contribution in [2.75, 3.05) is 13.7 Å². The first kappa shape index (κ1) is 18.4. The number of nitrogens with one attached hydrogen (secondary N) is 1. The number of esters is 1. The topological polar surface area (TPSA) is 81.4 Å². The summed E-state index contributed by atoms with van der Waals surface area (Å²) in [5, 5.41) is 2.71. The van der Waals surface area contributed by atoms with Crippen molar-refractivity contribution in [2.24, 2.45) is 5.73 Å². The van der Waals surface area contributed by atoms with Crippen LogP contribution in [-0.4, -0.2) is 31.6 Å². The molecular formula is C14H21ClN2O3. The van der Waals surface area contributed by atoms with Gasteiger partial charge in [-0.1, -0.05) is 30.3 Å². The molecule has 0 aliphatic heterocycles. The molecule has 1 rings (SSSR count). The lowest BCUT2D eigenvalue weighted by Crippen LogP contribution is -2.42. The summed E-state index contributed by atoms with van der Waals surface area (Å²) >= 11 is 0. The summed E-state index contributed by atoms with van der Waals surface area (Å²) in [5.41, 5.74) is 6.84. The number of methoxy groups -OCH3 is 1. The smallest absolute Gasteiger partial charge is 0.305 e. The van der Waals surface area contributed by atoms with Crippen molar-refractivity contribution in [3.8, 4) is 0 Å². The maximum atomic E-state index is 11.7. The van der Waals surface area contributed by atoms with Crippen molar-refractivity contribution in [3.05, 3.63) is 35.9 Å². The van der Waals surface area contributed by atoms with Gasteiger partial charge in [0.25, 0.3) is 0 Å². The van der Waals surface area contributed by atoms with Crippen LogP contribution < -0.4 is 11.1 Å². The zero-order valence-electron chi connectivity index (χ0n) is 11.5. The van der Waals surface area contributed by atoms with Crippen molar-refractivity contribution in [3.63, 3.8) is 0 Å². The molecule has 1 atom stereocenters. The van der Waals surface area contributed by atoms with E-state index in [1.807, 2.05) is 30.3 Å². The van der Waals surface area contributed by atoms with E-state index in [0.717, 1.165) is 5.56 Å². The van der Waals surface area contributed by atoms with E-state index in [1.54, 1.807) is 0 Å². The maximum Gasteiger partial charge on any atom is 0.305 e. The summed E-state index contributed by atoms with van der Waals surface area (Å²) in [7, 11) is 1.34. The number of nitrogens with two attached hydrogens (primary N) is 1. The zero-order valence-corrected chi connectivity index (χ0v) is 12.3. The third-order valence-corrected chi connectivity index (χ3v) is 2.72. The monoisotopic (exact) mass is 300 g/mol. The Hall–Kier alpha value is -1.59. The average Bonchev–Trinajstić information content (AvgIpc) is 2.44.